The number of halogens is 4. The summed E-state index contributed by atoms with van der Waals surface area (Å²) in [6.07, 6.45) is 0. The van der Waals surface area contributed by atoms with E-state index in [-0.39, 0.29) is 5.56 Å². The minimum Gasteiger partial charge on any atom is -0.288 e. The van der Waals surface area contributed by atoms with Crippen molar-refractivity contribution in [2.45, 2.75) is 6.92 Å². The molecule has 1 nitrogen and oxygen atoms in total. The van der Waals surface area contributed by atoms with Gasteiger partial charge >= 0.3 is 0 Å². The summed E-state index contributed by atoms with van der Waals surface area (Å²) in [6, 6.07) is 6.55. The van der Waals surface area contributed by atoms with Crippen LogP contribution in [0.1, 0.15) is 21.5 Å². The smallest absolute Gasteiger partial charge is 0.197 e. The summed E-state index contributed by atoms with van der Waals surface area (Å²) in [4.78, 5) is 12.1. The van der Waals surface area contributed by atoms with Crippen LogP contribution in [0.5, 0.6) is 0 Å². The van der Waals surface area contributed by atoms with Gasteiger partial charge in [0.05, 0.1) is 5.56 Å². The molecule has 0 aliphatic carbocycles. The molecule has 0 heterocycles. The molecule has 2 rings (SSSR count). The van der Waals surface area contributed by atoms with E-state index in [1.807, 2.05) is 0 Å². The monoisotopic (exact) mass is 328 g/mol. The van der Waals surface area contributed by atoms with Crippen LogP contribution < -0.4 is 0 Å². The van der Waals surface area contributed by atoms with Crippen molar-refractivity contribution in [2.75, 3.05) is 0 Å². The van der Waals surface area contributed by atoms with E-state index < -0.39 is 28.8 Å². The molecule has 0 atom stereocenters. The summed E-state index contributed by atoms with van der Waals surface area (Å²) in [5, 5.41) is 0. The third-order valence-electron chi connectivity index (χ3n) is 2.72. The van der Waals surface area contributed by atoms with Crippen LogP contribution in [-0.4, -0.2) is 5.78 Å². The van der Waals surface area contributed by atoms with Crippen LogP contribution in [0.15, 0.2) is 34.8 Å². The minimum absolute atomic E-state index is 0.199. The highest BCUT2D eigenvalue weighted by atomic mass is 79.9. The molecule has 2 aromatic carbocycles. The molecule has 0 aliphatic heterocycles. The van der Waals surface area contributed by atoms with Crippen molar-refractivity contribution in [3.63, 3.8) is 0 Å². The Morgan fingerprint density at radius 2 is 1.68 bits per heavy atom. The molecule has 0 spiro atoms. The molecule has 0 saturated carbocycles. The lowest BCUT2D eigenvalue weighted by Crippen LogP contribution is -2.08. The van der Waals surface area contributed by atoms with Crippen LogP contribution in [0.3, 0.4) is 0 Å². The molecule has 0 fully saturated rings. The van der Waals surface area contributed by atoms with Gasteiger partial charge in [-0.1, -0.05) is 12.1 Å². The van der Waals surface area contributed by atoms with Gasteiger partial charge in [-0.15, -0.1) is 0 Å². The van der Waals surface area contributed by atoms with E-state index in [4.69, 9.17) is 0 Å². The van der Waals surface area contributed by atoms with Crippen molar-refractivity contribution in [3.05, 3.63) is 68.9 Å². The number of aryl methyl sites for hydroxylation is 1. The summed E-state index contributed by atoms with van der Waals surface area (Å²) in [5.74, 6) is -5.14. The maximum atomic E-state index is 13.6. The van der Waals surface area contributed by atoms with Gasteiger partial charge in [0.25, 0.3) is 0 Å². The lowest BCUT2D eigenvalue weighted by Gasteiger charge is -2.07. The number of hydrogen-bond acceptors (Lipinski definition) is 1. The Morgan fingerprint density at radius 1 is 1.00 bits per heavy atom. The molecule has 0 unspecified atom stereocenters. The predicted molar refractivity (Wildman–Crippen MR) is 68.6 cm³/mol. The fourth-order valence-corrected chi connectivity index (χ4v) is 2.11. The van der Waals surface area contributed by atoms with E-state index in [1.54, 1.807) is 19.1 Å². The largest absolute Gasteiger partial charge is 0.288 e. The Hall–Kier alpha value is -1.62. The summed E-state index contributed by atoms with van der Waals surface area (Å²) < 4.78 is 40.0. The molecular weight excluding hydrogens is 321 g/mol. The molecule has 0 saturated heterocycles. The molecule has 0 aromatic heterocycles. The fraction of sp³-hybridized carbons (Fsp3) is 0.0714. The number of ketones is 1. The quantitative estimate of drug-likeness (QED) is 0.589. The summed E-state index contributed by atoms with van der Waals surface area (Å²) in [5.41, 5.74) is 0.490. The average molecular weight is 329 g/mol. The topological polar surface area (TPSA) is 17.1 Å². The second kappa shape index (κ2) is 5.17. The van der Waals surface area contributed by atoms with Crippen LogP contribution in [-0.2, 0) is 0 Å². The van der Waals surface area contributed by atoms with Crippen molar-refractivity contribution >= 4 is 21.7 Å². The standard InChI is InChI=1S/C14H8BrF3O/c1-7-3-2-4-8(11(7)15)14(19)9-5-6-10(16)13(18)12(9)17/h2-6H,1H3. The SMILES string of the molecule is Cc1cccc(C(=O)c2ccc(F)c(F)c2F)c1Br. The minimum atomic E-state index is -1.64. The average Bonchev–Trinajstić information content (AvgIpc) is 2.39. The molecular formula is C14H8BrF3O. The molecule has 5 heteroatoms. The maximum absolute atomic E-state index is 13.6. The van der Waals surface area contributed by atoms with Gasteiger partial charge in [0.2, 0.25) is 0 Å². The van der Waals surface area contributed by atoms with Gasteiger partial charge in [-0.3, -0.25) is 4.79 Å². The van der Waals surface area contributed by atoms with E-state index in [9.17, 15) is 18.0 Å². The van der Waals surface area contributed by atoms with Gasteiger partial charge in [0.1, 0.15) is 0 Å². The van der Waals surface area contributed by atoms with Gasteiger partial charge < -0.3 is 0 Å². The molecule has 0 amide bonds. The van der Waals surface area contributed by atoms with Gasteiger partial charge in [-0.05, 0) is 46.6 Å². The molecule has 0 N–H and O–H groups in total. The number of rotatable bonds is 2. The Bertz CT molecular complexity index is 668. The van der Waals surface area contributed by atoms with Gasteiger partial charge in [0, 0.05) is 10.0 Å². The van der Waals surface area contributed by atoms with Crippen molar-refractivity contribution < 1.29 is 18.0 Å². The molecule has 0 radical (unpaired) electrons. The van der Waals surface area contributed by atoms with E-state index in [2.05, 4.69) is 15.9 Å². The van der Waals surface area contributed by atoms with Gasteiger partial charge in [-0.25, -0.2) is 13.2 Å². The van der Waals surface area contributed by atoms with Crippen LogP contribution in [0.2, 0.25) is 0 Å². The summed E-state index contributed by atoms with van der Waals surface area (Å²) >= 11 is 3.22. The van der Waals surface area contributed by atoms with E-state index >= 15 is 0 Å². The zero-order valence-corrected chi connectivity index (χ0v) is 11.4. The van der Waals surface area contributed by atoms with E-state index in [1.165, 1.54) is 6.07 Å². The van der Waals surface area contributed by atoms with Gasteiger partial charge in [0.15, 0.2) is 23.2 Å². The van der Waals surface area contributed by atoms with Crippen molar-refractivity contribution in [1.82, 2.24) is 0 Å². The second-order valence-electron chi connectivity index (χ2n) is 3.99. The molecule has 2 aromatic rings. The first kappa shape index (κ1) is 13.8. The molecule has 0 aliphatic rings. The van der Waals surface area contributed by atoms with E-state index in [0.29, 0.717) is 4.47 Å². The third-order valence-corrected chi connectivity index (χ3v) is 3.77. The highest BCUT2D eigenvalue weighted by Gasteiger charge is 2.21. The zero-order chi connectivity index (χ0) is 14.2. The Labute approximate surface area is 116 Å². The molecule has 0 bridgehead atoms. The lowest BCUT2D eigenvalue weighted by atomic mass is 10.0. The first-order valence-electron chi connectivity index (χ1n) is 5.36. The van der Waals surface area contributed by atoms with Crippen LogP contribution in [0.4, 0.5) is 13.2 Å². The summed E-state index contributed by atoms with van der Waals surface area (Å²) in [7, 11) is 0. The molecule has 19 heavy (non-hydrogen) atoms. The fourth-order valence-electron chi connectivity index (χ4n) is 1.67. The van der Waals surface area contributed by atoms with Crippen LogP contribution in [0.25, 0.3) is 0 Å². The first-order valence-corrected chi connectivity index (χ1v) is 6.16. The predicted octanol–water partition coefficient (Wildman–Crippen LogP) is 4.41. The number of hydrogen-bond donors (Lipinski definition) is 0. The van der Waals surface area contributed by atoms with Crippen molar-refractivity contribution in [1.29, 1.82) is 0 Å². The lowest BCUT2D eigenvalue weighted by molar-refractivity contribution is 0.103. The normalized spacial score (nSPS) is 10.6. The third kappa shape index (κ3) is 2.42. The highest BCUT2D eigenvalue weighted by Crippen LogP contribution is 2.25. The first-order chi connectivity index (χ1) is 8.93. The second-order valence-corrected chi connectivity index (χ2v) is 4.78. The van der Waals surface area contributed by atoms with Crippen molar-refractivity contribution in [2.24, 2.45) is 0 Å². The van der Waals surface area contributed by atoms with Crippen LogP contribution in [0, 0.1) is 24.4 Å². The van der Waals surface area contributed by atoms with E-state index in [0.717, 1.165) is 17.7 Å². The van der Waals surface area contributed by atoms with Crippen LogP contribution >= 0.6 is 15.9 Å². The Kier molecular flexibility index (Phi) is 3.75. The van der Waals surface area contributed by atoms with Crippen molar-refractivity contribution in [3.8, 4) is 0 Å². The number of carbonyl (C=O) groups is 1. The molecule has 98 valence electrons. The maximum Gasteiger partial charge on any atom is 0.197 e. The number of benzene rings is 2. The zero-order valence-electron chi connectivity index (χ0n) is 9.81. The number of carbonyl (C=O) groups excluding carboxylic acids is 1. The Morgan fingerprint density at radius 3 is 2.37 bits per heavy atom. The summed E-state index contributed by atoms with van der Waals surface area (Å²) in [6.45, 7) is 1.77. The highest BCUT2D eigenvalue weighted by molar-refractivity contribution is 9.10. The van der Waals surface area contributed by atoms with Gasteiger partial charge in [-0.2, -0.15) is 0 Å². The Balaban J connectivity index is 2.57.